The van der Waals surface area contributed by atoms with Gasteiger partial charge in [0.25, 0.3) is 0 Å². The van der Waals surface area contributed by atoms with E-state index in [1.807, 2.05) is 4.90 Å². The van der Waals surface area contributed by atoms with Crippen LogP contribution in [0.1, 0.15) is 0 Å². The first-order valence-corrected chi connectivity index (χ1v) is 7.48. The lowest BCUT2D eigenvalue weighted by Gasteiger charge is -2.56. The molecule has 0 saturated carbocycles. The van der Waals surface area contributed by atoms with Gasteiger partial charge >= 0.3 is 5.97 Å². The Balaban J connectivity index is 1.61. The van der Waals surface area contributed by atoms with Crippen LogP contribution in [0.3, 0.4) is 0 Å². The molecule has 1 unspecified atom stereocenters. The maximum absolute atomic E-state index is 11.5. The van der Waals surface area contributed by atoms with E-state index in [0.29, 0.717) is 11.5 Å². The zero-order chi connectivity index (χ0) is 15.0. The van der Waals surface area contributed by atoms with Gasteiger partial charge in [0.15, 0.2) is 0 Å². The van der Waals surface area contributed by atoms with Crippen LogP contribution >= 0.6 is 15.9 Å². The lowest BCUT2D eigenvalue weighted by Crippen LogP contribution is -2.69. The second-order valence-electron chi connectivity index (χ2n) is 5.72. The predicted molar refractivity (Wildman–Crippen MR) is 81.1 cm³/mol. The van der Waals surface area contributed by atoms with Gasteiger partial charge in [0.1, 0.15) is 11.9 Å². The molecule has 1 aromatic heterocycles. The highest BCUT2D eigenvalue weighted by atomic mass is 79.9. The number of aliphatic carboxylic acids is 1. The number of nitrogens with two attached hydrogens (primary N) is 1. The lowest BCUT2D eigenvalue weighted by molar-refractivity contribution is -0.201. The minimum Gasteiger partial charge on any atom is -0.480 e. The summed E-state index contributed by atoms with van der Waals surface area (Å²) >= 11 is 3.32. The molecule has 0 amide bonds. The molecule has 1 atom stereocenters. The minimum atomic E-state index is -0.834. The number of aromatic nitrogens is 1. The Labute approximate surface area is 130 Å². The second kappa shape index (κ2) is 5.43. The van der Waals surface area contributed by atoms with Gasteiger partial charge in [-0.15, -0.1) is 0 Å². The van der Waals surface area contributed by atoms with E-state index in [9.17, 15) is 9.90 Å². The van der Waals surface area contributed by atoms with E-state index in [1.54, 1.807) is 12.3 Å². The third-order valence-corrected chi connectivity index (χ3v) is 4.42. The van der Waals surface area contributed by atoms with Gasteiger partial charge in [-0.1, -0.05) is 0 Å². The normalized spacial score (nSPS) is 21.4. The molecule has 1 aromatic rings. The summed E-state index contributed by atoms with van der Waals surface area (Å²) < 4.78 is 6.00. The van der Waals surface area contributed by atoms with Gasteiger partial charge in [-0.25, -0.2) is 4.98 Å². The number of likely N-dealkylation sites (tertiary alicyclic amines) is 1. The summed E-state index contributed by atoms with van der Waals surface area (Å²) in [6.07, 6.45) is 1.60. The van der Waals surface area contributed by atoms with E-state index in [1.165, 1.54) is 0 Å². The Hall–Kier alpha value is -1.38. The summed E-state index contributed by atoms with van der Waals surface area (Å²) in [5, 5.41) is 12.5. The largest absolute Gasteiger partial charge is 0.480 e. The van der Waals surface area contributed by atoms with Crippen LogP contribution in [-0.4, -0.2) is 59.8 Å². The number of carboxylic acids is 1. The van der Waals surface area contributed by atoms with Gasteiger partial charge in [-0.05, 0) is 22.0 Å². The van der Waals surface area contributed by atoms with Crippen molar-refractivity contribution >= 4 is 33.4 Å². The summed E-state index contributed by atoms with van der Waals surface area (Å²) in [5.74, 6) is -0.478. The van der Waals surface area contributed by atoms with Crippen LogP contribution in [0.5, 0.6) is 0 Å². The first kappa shape index (κ1) is 14.6. The molecule has 0 radical (unpaired) electrons. The Kier molecular flexibility index (Phi) is 3.76. The number of hydrogen-bond donors (Lipinski definition) is 3. The van der Waals surface area contributed by atoms with Crippen molar-refractivity contribution in [2.75, 3.05) is 43.9 Å². The molecule has 4 N–H and O–H groups in total. The zero-order valence-electron chi connectivity index (χ0n) is 11.4. The maximum atomic E-state index is 11.5. The Morgan fingerprint density at radius 3 is 2.90 bits per heavy atom. The molecule has 2 saturated heterocycles. The van der Waals surface area contributed by atoms with Crippen molar-refractivity contribution < 1.29 is 14.6 Å². The summed E-state index contributed by atoms with van der Waals surface area (Å²) in [5.41, 5.74) is 6.61. The smallest absolute Gasteiger partial charge is 0.322 e. The Bertz CT molecular complexity index is 556. The van der Waals surface area contributed by atoms with Crippen molar-refractivity contribution in [1.82, 2.24) is 9.88 Å². The van der Waals surface area contributed by atoms with E-state index in [-0.39, 0.29) is 12.0 Å². The Morgan fingerprint density at radius 1 is 1.62 bits per heavy atom. The van der Waals surface area contributed by atoms with Crippen molar-refractivity contribution in [2.45, 2.75) is 6.04 Å². The van der Waals surface area contributed by atoms with Crippen LogP contribution in [0.15, 0.2) is 16.7 Å². The quantitative estimate of drug-likeness (QED) is 0.710. The predicted octanol–water partition coefficient (Wildman–Crippen LogP) is 0.624. The van der Waals surface area contributed by atoms with Crippen molar-refractivity contribution in [3.63, 3.8) is 0 Å². The SMILES string of the molecule is Nc1ncc(Br)cc1NCC(C(=O)O)N1CC2(COC2)C1. The molecule has 3 heterocycles. The number of nitrogens with zero attached hydrogens (tertiary/aromatic N) is 2. The van der Waals surface area contributed by atoms with E-state index in [4.69, 9.17) is 10.5 Å². The molecule has 0 aromatic carbocycles. The molecule has 3 rings (SSSR count). The van der Waals surface area contributed by atoms with Crippen LogP contribution in [0.4, 0.5) is 11.5 Å². The summed E-state index contributed by atoms with van der Waals surface area (Å²) in [7, 11) is 0. The number of rotatable bonds is 5. The van der Waals surface area contributed by atoms with Crippen molar-refractivity contribution in [3.8, 4) is 0 Å². The van der Waals surface area contributed by atoms with Crippen LogP contribution in [-0.2, 0) is 9.53 Å². The fourth-order valence-corrected chi connectivity index (χ4v) is 3.11. The maximum Gasteiger partial charge on any atom is 0.322 e. The fourth-order valence-electron chi connectivity index (χ4n) is 2.78. The number of nitrogens with one attached hydrogen (secondary N) is 1. The molecule has 0 bridgehead atoms. The fraction of sp³-hybridized carbons (Fsp3) is 0.538. The molecule has 2 aliphatic heterocycles. The number of anilines is 2. The number of pyridine rings is 1. The summed E-state index contributed by atoms with van der Waals surface area (Å²) in [4.78, 5) is 17.4. The van der Waals surface area contributed by atoms with E-state index in [2.05, 4.69) is 26.2 Å². The number of halogens is 1. The topological polar surface area (TPSA) is 101 Å². The minimum absolute atomic E-state index is 0.198. The average molecular weight is 357 g/mol. The molecule has 2 aliphatic rings. The number of carbonyl (C=O) groups is 1. The van der Waals surface area contributed by atoms with Gasteiger partial charge in [0.05, 0.1) is 18.9 Å². The standard InChI is InChI=1S/C13H17BrN4O3/c14-8-1-9(11(15)17-2-8)16-3-10(12(19)20)18-4-13(5-18)6-21-7-13/h1-2,10,16H,3-7H2,(H2,15,17)(H,19,20). The van der Waals surface area contributed by atoms with Crippen LogP contribution < -0.4 is 11.1 Å². The molecule has 7 nitrogen and oxygen atoms in total. The van der Waals surface area contributed by atoms with E-state index < -0.39 is 12.0 Å². The highest BCUT2D eigenvalue weighted by Crippen LogP contribution is 2.38. The monoisotopic (exact) mass is 356 g/mol. The van der Waals surface area contributed by atoms with E-state index in [0.717, 1.165) is 30.8 Å². The highest BCUT2D eigenvalue weighted by Gasteiger charge is 2.51. The van der Waals surface area contributed by atoms with Crippen LogP contribution in [0, 0.1) is 5.41 Å². The second-order valence-corrected chi connectivity index (χ2v) is 6.63. The molecular weight excluding hydrogens is 340 g/mol. The summed E-state index contributed by atoms with van der Waals surface area (Å²) in [6.45, 7) is 3.32. The van der Waals surface area contributed by atoms with Gasteiger partial charge in [0.2, 0.25) is 0 Å². The molecule has 2 fully saturated rings. The summed E-state index contributed by atoms with van der Waals surface area (Å²) in [6, 6.07) is 1.22. The molecule has 21 heavy (non-hydrogen) atoms. The van der Waals surface area contributed by atoms with Crippen LogP contribution in [0.2, 0.25) is 0 Å². The third-order valence-electron chi connectivity index (χ3n) is 3.99. The number of carboxylic acid groups (broad SMARTS) is 1. The molecule has 8 heteroatoms. The zero-order valence-corrected chi connectivity index (χ0v) is 13.0. The number of ether oxygens (including phenoxy) is 1. The molecule has 0 aliphatic carbocycles. The lowest BCUT2D eigenvalue weighted by atomic mass is 9.77. The van der Waals surface area contributed by atoms with Crippen molar-refractivity contribution in [1.29, 1.82) is 0 Å². The first-order chi connectivity index (χ1) is 9.99. The third kappa shape index (κ3) is 2.83. The number of hydrogen-bond acceptors (Lipinski definition) is 6. The molecular formula is C13H17BrN4O3. The van der Waals surface area contributed by atoms with Crippen molar-refractivity contribution in [3.05, 3.63) is 16.7 Å². The van der Waals surface area contributed by atoms with Gasteiger partial charge in [0, 0.05) is 35.7 Å². The average Bonchev–Trinajstić information content (AvgIpc) is 2.33. The van der Waals surface area contributed by atoms with Crippen LogP contribution in [0.25, 0.3) is 0 Å². The molecule has 114 valence electrons. The number of nitrogen functional groups attached to an aromatic ring is 1. The van der Waals surface area contributed by atoms with E-state index >= 15 is 0 Å². The van der Waals surface area contributed by atoms with Gasteiger partial charge in [-0.2, -0.15) is 0 Å². The van der Waals surface area contributed by atoms with Crippen molar-refractivity contribution in [2.24, 2.45) is 5.41 Å². The first-order valence-electron chi connectivity index (χ1n) is 6.69. The molecule has 1 spiro atoms. The highest BCUT2D eigenvalue weighted by molar-refractivity contribution is 9.10. The van der Waals surface area contributed by atoms with Gasteiger partial charge < -0.3 is 20.9 Å². The van der Waals surface area contributed by atoms with Gasteiger partial charge in [-0.3, -0.25) is 9.69 Å². The Morgan fingerprint density at radius 2 is 2.33 bits per heavy atom.